The molecule has 0 atom stereocenters. The molecule has 1 aromatic heterocycles. The second kappa shape index (κ2) is 5.61. The van der Waals surface area contributed by atoms with Crippen LogP contribution in [0.15, 0.2) is 40.3 Å². The van der Waals surface area contributed by atoms with Crippen molar-refractivity contribution in [3.05, 3.63) is 46.7 Å². The third-order valence-electron chi connectivity index (χ3n) is 2.75. The number of rotatable bonds is 4. The summed E-state index contributed by atoms with van der Waals surface area (Å²) in [6.07, 6.45) is 3.44. The van der Waals surface area contributed by atoms with Crippen LogP contribution >= 0.6 is 23.4 Å². The van der Waals surface area contributed by atoms with Gasteiger partial charge in [-0.2, -0.15) is 0 Å². The van der Waals surface area contributed by atoms with E-state index in [9.17, 15) is 8.42 Å². The van der Waals surface area contributed by atoms with E-state index in [0.717, 1.165) is 16.2 Å². The van der Waals surface area contributed by atoms with Gasteiger partial charge in [0.15, 0.2) is 9.84 Å². The van der Waals surface area contributed by atoms with Gasteiger partial charge in [0.05, 0.1) is 10.6 Å². The molecule has 0 bridgehead atoms. The minimum absolute atomic E-state index is 0.0406. The Labute approximate surface area is 122 Å². The van der Waals surface area contributed by atoms with Crippen molar-refractivity contribution in [2.75, 3.05) is 6.26 Å². The number of H-pyrrole nitrogens is 1. The summed E-state index contributed by atoms with van der Waals surface area (Å²) in [5.74, 6) is -0.0406. The summed E-state index contributed by atoms with van der Waals surface area (Å²) in [6.45, 7) is 1.83. The predicted octanol–water partition coefficient (Wildman–Crippen LogP) is 3.67. The van der Waals surface area contributed by atoms with Crippen molar-refractivity contribution in [1.82, 2.24) is 4.98 Å². The van der Waals surface area contributed by atoms with E-state index in [1.807, 2.05) is 19.2 Å². The van der Waals surface area contributed by atoms with Gasteiger partial charge in [-0.05, 0) is 43.0 Å². The smallest absolute Gasteiger partial charge is 0.184 e. The van der Waals surface area contributed by atoms with Crippen LogP contribution in [-0.2, 0) is 15.6 Å². The number of aromatic amines is 1. The maximum atomic E-state index is 12.3. The molecule has 0 unspecified atom stereocenters. The van der Waals surface area contributed by atoms with Gasteiger partial charge in [-0.25, -0.2) is 8.42 Å². The van der Waals surface area contributed by atoms with Crippen LogP contribution in [0.25, 0.3) is 0 Å². The Morgan fingerprint density at radius 1 is 1.32 bits per heavy atom. The molecule has 3 nitrogen and oxygen atoms in total. The number of aryl methyl sites for hydroxylation is 1. The molecule has 0 amide bonds. The largest absolute Gasteiger partial charge is 0.364 e. The van der Waals surface area contributed by atoms with E-state index in [1.165, 1.54) is 18.0 Å². The molecule has 1 aromatic carbocycles. The summed E-state index contributed by atoms with van der Waals surface area (Å²) in [5, 5.41) is 0.549. The molecular weight excluding hydrogens is 302 g/mol. The molecule has 1 N–H and O–H groups in total. The minimum atomic E-state index is -3.35. The van der Waals surface area contributed by atoms with E-state index < -0.39 is 9.84 Å². The quantitative estimate of drug-likeness (QED) is 0.876. The molecule has 2 aromatic rings. The topological polar surface area (TPSA) is 49.9 Å². The summed E-state index contributed by atoms with van der Waals surface area (Å²) in [5.41, 5.74) is 1.56. The van der Waals surface area contributed by atoms with Gasteiger partial charge in [0, 0.05) is 21.8 Å². The summed E-state index contributed by atoms with van der Waals surface area (Å²) in [4.78, 5) is 4.14. The molecule has 0 aliphatic carbocycles. The highest BCUT2D eigenvalue weighted by molar-refractivity contribution is 7.98. The van der Waals surface area contributed by atoms with E-state index in [-0.39, 0.29) is 5.75 Å². The highest BCUT2D eigenvalue weighted by Crippen LogP contribution is 2.27. The summed E-state index contributed by atoms with van der Waals surface area (Å²) < 4.78 is 24.6. The van der Waals surface area contributed by atoms with Gasteiger partial charge in [0.1, 0.15) is 0 Å². The Morgan fingerprint density at radius 3 is 2.63 bits per heavy atom. The number of hydrogen-bond donors (Lipinski definition) is 1. The lowest BCUT2D eigenvalue weighted by Gasteiger charge is -2.08. The molecular formula is C13H14ClNO2S2. The summed E-state index contributed by atoms with van der Waals surface area (Å²) in [7, 11) is -3.35. The first-order valence-electron chi connectivity index (χ1n) is 5.62. The number of aromatic nitrogens is 1. The number of benzene rings is 1. The zero-order valence-corrected chi connectivity index (χ0v) is 13.0. The Kier molecular flexibility index (Phi) is 4.28. The van der Waals surface area contributed by atoms with Crippen molar-refractivity contribution in [3.8, 4) is 0 Å². The van der Waals surface area contributed by atoms with E-state index in [4.69, 9.17) is 11.6 Å². The summed E-state index contributed by atoms with van der Waals surface area (Å²) >= 11 is 7.46. The van der Waals surface area contributed by atoms with E-state index >= 15 is 0 Å². The third-order valence-corrected chi connectivity index (χ3v) is 5.47. The second-order valence-corrected chi connectivity index (χ2v) is 7.51. The Hall–Kier alpha value is -0.910. The lowest BCUT2D eigenvalue weighted by molar-refractivity contribution is 0.595. The molecule has 0 saturated heterocycles. The van der Waals surface area contributed by atoms with Gasteiger partial charge in [-0.15, -0.1) is 11.8 Å². The standard InChI is InChI=1S/C13H14ClNO2S2/c1-9-5-12(7-15-9)19(16,17)8-10-6-11(14)3-4-13(10)18-2/h3-7,15H,8H2,1-2H3. The van der Waals surface area contributed by atoms with Crippen LogP contribution in [0.1, 0.15) is 11.3 Å². The monoisotopic (exact) mass is 315 g/mol. The first-order chi connectivity index (χ1) is 8.92. The van der Waals surface area contributed by atoms with Crippen LogP contribution in [-0.4, -0.2) is 19.7 Å². The van der Waals surface area contributed by atoms with Gasteiger partial charge >= 0.3 is 0 Å². The zero-order chi connectivity index (χ0) is 14.0. The van der Waals surface area contributed by atoms with Gasteiger partial charge in [-0.3, -0.25) is 0 Å². The van der Waals surface area contributed by atoms with Gasteiger partial charge in [0.25, 0.3) is 0 Å². The predicted molar refractivity (Wildman–Crippen MR) is 79.7 cm³/mol. The first kappa shape index (κ1) is 14.5. The molecule has 0 spiro atoms. The van der Waals surface area contributed by atoms with E-state index in [2.05, 4.69) is 4.98 Å². The molecule has 0 aliphatic heterocycles. The molecule has 0 radical (unpaired) electrons. The number of sulfone groups is 1. The molecule has 102 valence electrons. The number of thioether (sulfide) groups is 1. The molecule has 19 heavy (non-hydrogen) atoms. The average Bonchev–Trinajstić information content (AvgIpc) is 2.76. The van der Waals surface area contributed by atoms with Crippen LogP contribution in [0.4, 0.5) is 0 Å². The van der Waals surface area contributed by atoms with Gasteiger partial charge in [0.2, 0.25) is 0 Å². The third kappa shape index (κ3) is 3.35. The molecule has 0 fully saturated rings. The highest BCUT2D eigenvalue weighted by atomic mass is 35.5. The molecule has 1 heterocycles. The first-order valence-corrected chi connectivity index (χ1v) is 8.88. The maximum Gasteiger partial charge on any atom is 0.184 e. The SMILES string of the molecule is CSc1ccc(Cl)cc1CS(=O)(=O)c1c[nH]c(C)c1. The highest BCUT2D eigenvalue weighted by Gasteiger charge is 2.18. The molecule has 2 rings (SSSR count). The van der Waals surface area contributed by atoms with E-state index in [0.29, 0.717) is 9.92 Å². The van der Waals surface area contributed by atoms with Crippen LogP contribution in [0.5, 0.6) is 0 Å². The number of hydrogen-bond acceptors (Lipinski definition) is 3. The fourth-order valence-corrected chi connectivity index (χ4v) is 4.10. The van der Waals surface area contributed by atoms with Gasteiger partial charge in [-0.1, -0.05) is 11.6 Å². The normalized spacial score (nSPS) is 11.7. The second-order valence-electron chi connectivity index (χ2n) is 4.23. The van der Waals surface area contributed by atoms with Crippen LogP contribution < -0.4 is 0 Å². The number of halogens is 1. The minimum Gasteiger partial charge on any atom is -0.364 e. The Morgan fingerprint density at radius 2 is 2.05 bits per heavy atom. The van der Waals surface area contributed by atoms with Crippen molar-refractivity contribution < 1.29 is 8.42 Å². The van der Waals surface area contributed by atoms with Gasteiger partial charge < -0.3 is 4.98 Å². The Bertz CT molecular complexity index is 692. The van der Waals surface area contributed by atoms with Crippen molar-refractivity contribution in [3.63, 3.8) is 0 Å². The lowest BCUT2D eigenvalue weighted by Crippen LogP contribution is -2.05. The van der Waals surface area contributed by atoms with Crippen LogP contribution in [0.2, 0.25) is 5.02 Å². The van der Waals surface area contributed by atoms with Crippen molar-refractivity contribution in [1.29, 1.82) is 0 Å². The lowest BCUT2D eigenvalue weighted by atomic mass is 10.2. The molecule has 0 aliphatic rings. The van der Waals surface area contributed by atoms with Crippen molar-refractivity contribution >= 4 is 33.2 Å². The maximum absolute atomic E-state index is 12.3. The molecule has 6 heteroatoms. The van der Waals surface area contributed by atoms with Crippen LogP contribution in [0, 0.1) is 6.92 Å². The van der Waals surface area contributed by atoms with Crippen molar-refractivity contribution in [2.24, 2.45) is 0 Å². The zero-order valence-electron chi connectivity index (χ0n) is 10.6. The van der Waals surface area contributed by atoms with Crippen molar-refractivity contribution in [2.45, 2.75) is 22.5 Å². The Balaban J connectivity index is 2.38. The number of nitrogens with one attached hydrogen (secondary N) is 1. The molecule has 0 saturated carbocycles. The summed E-state index contributed by atoms with van der Waals surface area (Å²) in [6, 6.07) is 6.97. The average molecular weight is 316 g/mol. The van der Waals surface area contributed by atoms with Crippen LogP contribution in [0.3, 0.4) is 0 Å². The fraction of sp³-hybridized carbons (Fsp3) is 0.231. The fourth-order valence-electron chi connectivity index (χ4n) is 1.81. The van der Waals surface area contributed by atoms with E-state index in [1.54, 1.807) is 18.2 Å².